The van der Waals surface area contributed by atoms with Crippen LogP contribution in [0.1, 0.15) is 19.8 Å². The lowest BCUT2D eigenvalue weighted by Crippen LogP contribution is -2.14. The van der Waals surface area contributed by atoms with E-state index in [1.807, 2.05) is 0 Å². The molecule has 0 spiro atoms. The largest absolute Gasteiger partial charge is 0.325 e. The van der Waals surface area contributed by atoms with Crippen LogP contribution in [-0.4, -0.2) is 5.54 Å². The van der Waals surface area contributed by atoms with E-state index >= 15 is 0 Å². The molecule has 0 heterocycles. The summed E-state index contributed by atoms with van der Waals surface area (Å²) < 4.78 is 0. The van der Waals surface area contributed by atoms with Gasteiger partial charge in [0.05, 0.1) is 0 Å². The van der Waals surface area contributed by atoms with Crippen molar-refractivity contribution in [2.75, 3.05) is 0 Å². The summed E-state index contributed by atoms with van der Waals surface area (Å²) in [7, 11) is 0. The lowest BCUT2D eigenvalue weighted by molar-refractivity contribution is 0.762. The van der Waals surface area contributed by atoms with Crippen LogP contribution in [0.3, 0.4) is 0 Å². The van der Waals surface area contributed by atoms with Gasteiger partial charge in [0.25, 0.3) is 0 Å². The first kappa shape index (κ1) is 10.5. The van der Waals surface area contributed by atoms with E-state index in [-0.39, 0.29) is 30.4 Å². The van der Waals surface area contributed by atoms with Gasteiger partial charge in [-0.2, -0.15) is 0 Å². The smallest absolute Gasteiger partial charge is 0.0127 e. The summed E-state index contributed by atoms with van der Waals surface area (Å²) >= 11 is 0. The first-order valence-corrected chi connectivity index (χ1v) is 2.00. The van der Waals surface area contributed by atoms with E-state index in [2.05, 4.69) is 6.92 Å². The van der Waals surface area contributed by atoms with Crippen LogP contribution in [0.2, 0.25) is 0 Å². The Labute approximate surface area is 56.5 Å². The van der Waals surface area contributed by atoms with Gasteiger partial charge in [0.2, 0.25) is 0 Å². The van der Waals surface area contributed by atoms with Gasteiger partial charge in [-0.05, 0) is 19.8 Å². The molecule has 2 N–H and O–H groups in total. The molecule has 0 aromatic heterocycles. The first-order chi connectivity index (χ1) is 2.21. The second-order valence-electron chi connectivity index (χ2n) is 2.15. The van der Waals surface area contributed by atoms with Gasteiger partial charge in [-0.3, -0.25) is 0 Å². The molecule has 1 aliphatic rings. The van der Waals surface area contributed by atoms with Gasteiger partial charge < -0.3 is 5.73 Å². The van der Waals surface area contributed by atoms with Crippen molar-refractivity contribution in [2.45, 2.75) is 25.3 Å². The Kier molecular flexibility index (Phi) is 4.13. The molecule has 0 bridgehead atoms. The first-order valence-electron chi connectivity index (χ1n) is 2.00. The fourth-order valence-corrected chi connectivity index (χ4v) is 0.197. The molecule has 0 unspecified atom stereocenters. The zero-order valence-corrected chi connectivity index (χ0v) is 5.94. The molecule has 0 aromatic carbocycles. The molecule has 7 heavy (non-hydrogen) atoms. The lowest BCUT2D eigenvalue weighted by Gasteiger charge is -1.88. The molecule has 3 heteroatoms. The number of hydrogen-bond acceptors (Lipinski definition) is 1. The predicted octanol–water partition coefficient (Wildman–Crippen LogP) is 1.34. The number of halogens is 2. The quantitative estimate of drug-likeness (QED) is 0.545. The van der Waals surface area contributed by atoms with Crippen LogP contribution in [0, 0.1) is 0 Å². The highest BCUT2D eigenvalue weighted by Gasteiger charge is 2.31. The zero-order valence-electron chi connectivity index (χ0n) is 4.31. The van der Waals surface area contributed by atoms with Crippen molar-refractivity contribution in [3.63, 3.8) is 0 Å². The molecule has 0 saturated heterocycles. The molecule has 1 saturated carbocycles. The molecule has 1 nitrogen and oxygen atoms in total. The van der Waals surface area contributed by atoms with Crippen molar-refractivity contribution in [3.8, 4) is 0 Å². The van der Waals surface area contributed by atoms with Crippen molar-refractivity contribution in [1.82, 2.24) is 0 Å². The zero-order chi connectivity index (χ0) is 3.91. The summed E-state index contributed by atoms with van der Waals surface area (Å²) in [5.41, 5.74) is 5.72. The Morgan fingerprint density at radius 3 is 1.43 bits per heavy atom. The van der Waals surface area contributed by atoms with Crippen LogP contribution < -0.4 is 5.73 Å². The summed E-state index contributed by atoms with van der Waals surface area (Å²) in [5, 5.41) is 0. The number of nitrogens with two attached hydrogens (primary N) is 1. The van der Waals surface area contributed by atoms with Gasteiger partial charge in [-0.25, -0.2) is 0 Å². The van der Waals surface area contributed by atoms with Crippen LogP contribution in [0.5, 0.6) is 0 Å². The molecule has 0 radical (unpaired) electrons. The topological polar surface area (TPSA) is 26.0 Å². The summed E-state index contributed by atoms with van der Waals surface area (Å²) in [4.78, 5) is 0. The van der Waals surface area contributed by atoms with Crippen molar-refractivity contribution in [2.24, 2.45) is 5.73 Å². The summed E-state index contributed by atoms with van der Waals surface area (Å²) in [5.74, 6) is 0. The minimum absolute atomic E-state index is 0. The van der Waals surface area contributed by atoms with E-state index in [4.69, 9.17) is 5.73 Å². The second-order valence-corrected chi connectivity index (χ2v) is 2.15. The normalized spacial score (nSPS) is 21.4. The van der Waals surface area contributed by atoms with Gasteiger partial charge >= 0.3 is 0 Å². The Hall–Kier alpha value is 0.540. The molecule has 0 amide bonds. The maximum absolute atomic E-state index is 5.47. The molecular weight excluding hydrogens is 133 g/mol. The van der Waals surface area contributed by atoms with E-state index in [1.54, 1.807) is 0 Å². The number of hydrogen-bond donors (Lipinski definition) is 1. The minimum Gasteiger partial charge on any atom is -0.325 e. The Bertz CT molecular complexity index is 47.7. The third kappa shape index (κ3) is 4.39. The van der Waals surface area contributed by atoms with E-state index in [1.165, 1.54) is 12.8 Å². The van der Waals surface area contributed by atoms with Crippen LogP contribution in [-0.2, 0) is 0 Å². The molecule has 46 valence electrons. The highest BCUT2D eigenvalue weighted by molar-refractivity contribution is 5.85. The monoisotopic (exact) mass is 143 g/mol. The average Bonchev–Trinajstić information content (AvgIpc) is 1.76. The maximum atomic E-state index is 5.47. The molecule has 1 aliphatic carbocycles. The Morgan fingerprint density at radius 2 is 1.43 bits per heavy atom. The van der Waals surface area contributed by atoms with Crippen LogP contribution >= 0.6 is 24.8 Å². The van der Waals surface area contributed by atoms with Crippen LogP contribution in [0.4, 0.5) is 0 Å². The van der Waals surface area contributed by atoms with Gasteiger partial charge in [-0.15, -0.1) is 24.8 Å². The molecule has 1 fully saturated rings. The summed E-state index contributed by atoms with van der Waals surface area (Å²) in [6.45, 7) is 2.08. The van der Waals surface area contributed by atoms with Crippen molar-refractivity contribution >= 4 is 24.8 Å². The minimum atomic E-state index is 0. The van der Waals surface area contributed by atoms with Crippen LogP contribution in [0.25, 0.3) is 0 Å². The summed E-state index contributed by atoms with van der Waals surface area (Å²) in [6.07, 6.45) is 2.46. The molecular formula is C4H11Cl2N. The average molecular weight is 144 g/mol. The Morgan fingerprint density at radius 1 is 1.29 bits per heavy atom. The van der Waals surface area contributed by atoms with Gasteiger partial charge in [0.1, 0.15) is 0 Å². The maximum Gasteiger partial charge on any atom is 0.0127 e. The second kappa shape index (κ2) is 2.75. The lowest BCUT2D eigenvalue weighted by atomic mass is 10.4. The molecule has 0 aromatic rings. The highest BCUT2D eigenvalue weighted by Crippen LogP contribution is 2.30. The van der Waals surface area contributed by atoms with Crippen molar-refractivity contribution in [3.05, 3.63) is 0 Å². The SMILES string of the molecule is CC1(N)CC1.Cl.Cl. The molecule has 0 aliphatic heterocycles. The molecule has 1 rings (SSSR count). The van der Waals surface area contributed by atoms with Crippen molar-refractivity contribution < 1.29 is 0 Å². The van der Waals surface area contributed by atoms with Crippen molar-refractivity contribution in [1.29, 1.82) is 0 Å². The van der Waals surface area contributed by atoms with E-state index in [0.717, 1.165) is 0 Å². The molecule has 0 atom stereocenters. The standard InChI is InChI=1S/C4H9N.2ClH/c1-4(5)2-3-4;;/h2-3,5H2,1H3;2*1H. The fraction of sp³-hybridized carbons (Fsp3) is 1.00. The third-order valence-corrected chi connectivity index (χ3v) is 1.04. The Balaban J connectivity index is 0. The summed E-state index contributed by atoms with van der Waals surface area (Å²) in [6, 6.07) is 0. The van der Waals surface area contributed by atoms with Crippen LogP contribution in [0.15, 0.2) is 0 Å². The van der Waals surface area contributed by atoms with Gasteiger partial charge in [0, 0.05) is 5.54 Å². The fourth-order valence-electron chi connectivity index (χ4n) is 0.197. The highest BCUT2D eigenvalue weighted by atomic mass is 35.5. The van der Waals surface area contributed by atoms with Gasteiger partial charge in [0.15, 0.2) is 0 Å². The van der Waals surface area contributed by atoms with E-state index in [9.17, 15) is 0 Å². The third-order valence-electron chi connectivity index (χ3n) is 1.04. The predicted molar refractivity (Wildman–Crippen MR) is 36.3 cm³/mol. The number of rotatable bonds is 0. The van der Waals surface area contributed by atoms with Gasteiger partial charge in [-0.1, -0.05) is 0 Å². The van der Waals surface area contributed by atoms with E-state index in [0.29, 0.717) is 0 Å². The van der Waals surface area contributed by atoms with E-state index < -0.39 is 0 Å².